The largest absolute Gasteiger partial charge is 0.379 e. The van der Waals surface area contributed by atoms with Gasteiger partial charge in [-0.05, 0) is 54.7 Å². The number of hydrogen-bond donors (Lipinski definition) is 2. The third kappa shape index (κ3) is 4.52. The van der Waals surface area contributed by atoms with E-state index in [4.69, 9.17) is 15.5 Å². The van der Waals surface area contributed by atoms with Crippen LogP contribution in [0, 0.1) is 11.8 Å². The Morgan fingerprint density at radius 1 is 1.18 bits per heavy atom. The Morgan fingerprint density at radius 3 is 2.62 bits per heavy atom. The number of ether oxygens (including phenoxy) is 1. The van der Waals surface area contributed by atoms with Crippen molar-refractivity contribution in [3.63, 3.8) is 0 Å². The van der Waals surface area contributed by atoms with Crippen LogP contribution in [0.5, 0.6) is 0 Å². The highest BCUT2D eigenvalue weighted by molar-refractivity contribution is 5.97. The summed E-state index contributed by atoms with van der Waals surface area (Å²) in [6.07, 6.45) is 2.26. The Hall–Kier alpha value is -2.97. The van der Waals surface area contributed by atoms with E-state index in [9.17, 15) is 9.59 Å². The summed E-state index contributed by atoms with van der Waals surface area (Å²) in [6, 6.07) is 11.5. The van der Waals surface area contributed by atoms with E-state index in [2.05, 4.69) is 23.2 Å². The number of rotatable bonds is 6. The predicted molar refractivity (Wildman–Crippen MR) is 130 cm³/mol. The molecule has 1 aromatic heterocycles. The number of pyridine rings is 1. The normalized spacial score (nSPS) is 25.0. The number of benzene rings is 1. The second-order valence-electron chi connectivity index (χ2n) is 9.74. The zero-order valence-corrected chi connectivity index (χ0v) is 19.9. The predicted octanol–water partition coefficient (Wildman–Crippen LogP) is 2.95. The molecule has 2 aromatic rings. The maximum atomic E-state index is 12.8. The van der Waals surface area contributed by atoms with Crippen molar-refractivity contribution >= 4 is 23.3 Å². The van der Waals surface area contributed by atoms with Gasteiger partial charge in [-0.2, -0.15) is 0 Å². The minimum atomic E-state index is -0.474. The smallest absolute Gasteiger partial charge is 0.248 e. The van der Waals surface area contributed by atoms with Gasteiger partial charge in [0.25, 0.3) is 0 Å². The van der Waals surface area contributed by atoms with Crippen LogP contribution in [0.3, 0.4) is 0 Å². The summed E-state index contributed by atoms with van der Waals surface area (Å²) in [5, 5.41) is 3.66. The molecule has 0 unspecified atom stereocenters. The van der Waals surface area contributed by atoms with Crippen molar-refractivity contribution in [3.8, 4) is 0 Å². The SMILES string of the molecule is CC(=O)N1c2ccc(C(N)=O)cc2[C@H](Nc2cccc(CN3CCOCC3)n2)[C@@H](C)[C@@H]1C1CC1. The van der Waals surface area contributed by atoms with E-state index < -0.39 is 5.91 Å². The Kier molecular flexibility index (Phi) is 6.27. The van der Waals surface area contributed by atoms with Crippen LogP contribution in [0.2, 0.25) is 0 Å². The summed E-state index contributed by atoms with van der Waals surface area (Å²) in [4.78, 5) is 33.9. The highest BCUT2D eigenvalue weighted by Crippen LogP contribution is 2.50. The van der Waals surface area contributed by atoms with Crippen LogP contribution in [0.15, 0.2) is 36.4 Å². The van der Waals surface area contributed by atoms with E-state index in [1.165, 1.54) is 0 Å². The number of nitrogens with zero attached hydrogens (tertiary/aromatic N) is 3. The van der Waals surface area contributed by atoms with E-state index in [1.807, 2.05) is 29.2 Å². The van der Waals surface area contributed by atoms with Crippen LogP contribution in [-0.4, -0.2) is 54.0 Å². The maximum Gasteiger partial charge on any atom is 0.248 e. The molecule has 2 fully saturated rings. The number of anilines is 2. The van der Waals surface area contributed by atoms with Gasteiger partial charge in [-0.15, -0.1) is 0 Å². The van der Waals surface area contributed by atoms with Crippen molar-refractivity contribution in [1.29, 1.82) is 0 Å². The molecule has 2 amide bonds. The van der Waals surface area contributed by atoms with Crippen LogP contribution >= 0.6 is 0 Å². The van der Waals surface area contributed by atoms with E-state index in [0.29, 0.717) is 11.5 Å². The number of carbonyl (C=O) groups excluding carboxylic acids is 2. The number of carbonyl (C=O) groups is 2. The van der Waals surface area contributed by atoms with Gasteiger partial charge in [-0.1, -0.05) is 13.0 Å². The zero-order valence-electron chi connectivity index (χ0n) is 19.9. The summed E-state index contributed by atoms with van der Waals surface area (Å²) < 4.78 is 5.46. The molecule has 3 atom stereocenters. The standard InChI is InChI=1S/C26H33N5O3/c1-16-24(29-23-5-3-4-20(28-23)15-30-10-12-34-13-11-30)21-14-19(26(27)33)8-9-22(21)31(17(2)32)25(16)18-6-7-18/h3-5,8-9,14,16,18,24-25H,6-7,10-13,15H2,1-2H3,(H2,27,33)(H,28,29)/t16-,24-,25-/m1/s1. The molecule has 2 aliphatic heterocycles. The third-order valence-electron chi connectivity index (χ3n) is 7.31. The lowest BCUT2D eigenvalue weighted by Crippen LogP contribution is -2.51. The summed E-state index contributed by atoms with van der Waals surface area (Å²) >= 11 is 0. The molecule has 3 aliphatic rings. The molecule has 1 aliphatic carbocycles. The number of primary amides is 1. The van der Waals surface area contributed by atoms with Gasteiger partial charge >= 0.3 is 0 Å². The first-order chi connectivity index (χ1) is 16.4. The molecule has 0 spiro atoms. The molecule has 8 nitrogen and oxygen atoms in total. The highest BCUT2D eigenvalue weighted by atomic mass is 16.5. The molecular formula is C26H33N5O3. The van der Waals surface area contributed by atoms with Crippen LogP contribution < -0.4 is 16.0 Å². The first-order valence-electron chi connectivity index (χ1n) is 12.2. The van der Waals surface area contributed by atoms with Crippen molar-refractivity contribution < 1.29 is 14.3 Å². The van der Waals surface area contributed by atoms with Gasteiger partial charge in [-0.25, -0.2) is 4.98 Å². The fourth-order valence-electron chi connectivity index (χ4n) is 5.51. The molecule has 1 saturated carbocycles. The lowest BCUT2D eigenvalue weighted by Gasteiger charge is -2.46. The van der Waals surface area contributed by atoms with Crippen LogP contribution in [-0.2, 0) is 16.1 Å². The monoisotopic (exact) mass is 463 g/mol. The van der Waals surface area contributed by atoms with Gasteiger partial charge in [0.05, 0.1) is 24.9 Å². The van der Waals surface area contributed by atoms with Gasteiger partial charge < -0.3 is 20.7 Å². The Balaban J connectivity index is 1.48. The molecule has 34 heavy (non-hydrogen) atoms. The van der Waals surface area contributed by atoms with Crippen LogP contribution in [0.1, 0.15) is 54.3 Å². The molecule has 1 aromatic carbocycles. The summed E-state index contributed by atoms with van der Waals surface area (Å²) in [6.45, 7) is 7.92. The van der Waals surface area contributed by atoms with Gasteiger partial charge in [-0.3, -0.25) is 14.5 Å². The molecule has 8 heteroatoms. The molecule has 3 N–H and O–H groups in total. The topological polar surface area (TPSA) is 101 Å². The maximum absolute atomic E-state index is 12.8. The zero-order chi connectivity index (χ0) is 23.8. The lowest BCUT2D eigenvalue weighted by atomic mass is 9.79. The second kappa shape index (κ2) is 9.35. The number of nitrogens with one attached hydrogen (secondary N) is 1. The minimum absolute atomic E-state index is 0.0286. The first-order valence-corrected chi connectivity index (χ1v) is 12.2. The van der Waals surface area contributed by atoms with Crippen molar-refractivity contribution in [2.45, 2.75) is 45.3 Å². The third-order valence-corrected chi connectivity index (χ3v) is 7.31. The van der Waals surface area contributed by atoms with Crippen LogP contribution in [0.4, 0.5) is 11.5 Å². The average Bonchev–Trinajstić information content (AvgIpc) is 3.66. The van der Waals surface area contributed by atoms with Gasteiger partial charge in [0.15, 0.2) is 0 Å². The molecule has 3 heterocycles. The summed E-state index contributed by atoms with van der Waals surface area (Å²) in [7, 11) is 0. The van der Waals surface area contributed by atoms with Gasteiger partial charge in [0.1, 0.15) is 5.82 Å². The summed E-state index contributed by atoms with van der Waals surface area (Å²) in [5.41, 5.74) is 8.82. The summed E-state index contributed by atoms with van der Waals surface area (Å²) in [5.74, 6) is 0.979. The first kappa shape index (κ1) is 22.8. The van der Waals surface area contributed by atoms with Crippen molar-refractivity contribution in [2.24, 2.45) is 17.6 Å². The number of fused-ring (bicyclic) bond motifs is 1. The van der Waals surface area contributed by atoms with Crippen LogP contribution in [0.25, 0.3) is 0 Å². The second-order valence-corrected chi connectivity index (χ2v) is 9.74. The number of aromatic nitrogens is 1. The number of nitrogens with two attached hydrogens (primary N) is 1. The Morgan fingerprint density at radius 2 is 1.94 bits per heavy atom. The van der Waals surface area contributed by atoms with Crippen molar-refractivity contribution in [2.75, 3.05) is 36.5 Å². The van der Waals surface area contributed by atoms with Crippen molar-refractivity contribution in [3.05, 3.63) is 53.2 Å². The van der Waals surface area contributed by atoms with E-state index in [-0.39, 0.29) is 23.9 Å². The Bertz CT molecular complexity index is 1080. The van der Waals surface area contributed by atoms with E-state index >= 15 is 0 Å². The lowest BCUT2D eigenvalue weighted by molar-refractivity contribution is -0.117. The molecule has 0 bridgehead atoms. The van der Waals surface area contributed by atoms with Crippen molar-refractivity contribution in [1.82, 2.24) is 9.88 Å². The quantitative estimate of drug-likeness (QED) is 0.683. The van der Waals surface area contributed by atoms with E-state index in [0.717, 1.165) is 68.5 Å². The molecule has 0 radical (unpaired) electrons. The van der Waals surface area contributed by atoms with Gasteiger partial charge in [0, 0.05) is 49.8 Å². The van der Waals surface area contributed by atoms with E-state index in [1.54, 1.807) is 13.0 Å². The molecule has 180 valence electrons. The number of morpholine rings is 1. The molecular weight excluding hydrogens is 430 g/mol. The van der Waals surface area contributed by atoms with Gasteiger partial charge in [0.2, 0.25) is 11.8 Å². The fraction of sp³-hybridized carbons (Fsp3) is 0.500. The Labute approximate surface area is 200 Å². The molecule has 5 rings (SSSR count). The highest BCUT2D eigenvalue weighted by Gasteiger charge is 2.47. The number of hydrogen-bond acceptors (Lipinski definition) is 6. The molecule has 1 saturated heterocycles. The fourth-order valence-corrected chi connectivity index (χ4v) is 5.51. The number of amides is 2. The minimum Gasteiger partial charge on any atom is -0.379 e. The average molecular weight is 464 g/mol.